The van der Waals surface area contributed by atoms with E-state index in [1.165, 1.54) is 0 Å². The molecule has 1 heterocycles. The van der Waals surface area contributed by atoms with E-state index in [0.29, 0.717) is 0 Å². The molecule has 0 unspecified atom stereocenters. The Bertz CT molecular complexity index is 984. The van der Waals surface area contributed by atoms with Gasteiger partial charge >= 0.3 is 0 Å². The summed E-state index contributed by atoms with van der Waals surface area (Å²) in [6.07, 6.45) is 0. The summed E-state index contributed by atoms with van der Waals surface area (Å²) in [4.78, 5) is 4.32. The lowest BCUT2D eigenvalue weighted by Gasteiger charge is -2.18. The maximum absolute atomic E-state index is 5.85. The predicted molar refractivity (Wildman–Crippen MR) is 109 cm³/mol. The summed E-state index contributed by atoms with van der Waals surface area (Å²) in [5.74, 6) is 1.63. The van der Waals surface area contributed by atoms with Gasteiger partial charge in [-0.15, -0.1) is 11.3 Å². The van der Waals surface area contributed by atoms with Crippen LogP contribution >= 0.6 is 11.3 Å². The zero-order valence-electron chi connectivity index (χ0n) is 14.3. The molecule has 26 heavy (non-hydrogen) atoms. The van der Waals surface area contributed by atoms with Crippen LogP contribution in [-0.4, -0.2) is 12.1 Å². The van der Waals surface area contributed by atoms with Crippen LogP contribution in [0.5, 0.6) is 5.75 Å². The molecule has 3 aromatic carbocycles. The summed E-state index contributed by atoms with van der Waals surface area (Å²) in [5, 5.41) is 5.35. The highest BCUT2D eigenvalue weighted by molar-refractivity contribution is 7.07. The van der Waals surface area contributed by atoms with Crippen molar-refractivity contribution in [2.75, 3.05) is 12.4 Å². The van der Waals surface area contributed by atoms with E-state index in [1.807, 2.05) is 41.2 Å². The molecule has 0 aliphatic heterocycles. The molecule has 1 N–H and O–H groups in total. The first-order valence-corrected chi connectivity index (χ1v) is 9.28. The molecule has 1 aromatic heterocycles. The standard InChI is InChI=1S/C22H18N2OS/c1-25-22-19(24-20-14-26-15-23-20)13-12-18(16-8-4-2-5-9-16)21(22)17-10-6-3-7-11-17/h2-15,24H,1H3. The summed E-state index contributed by atoms with van der Waals surface area (Å²) >= 11 is 1.56. The minimum Gasteiger partial charge on any atom is -0.494 e. The van der Waals surface area contributed by atoms with Gasteiger partial charge in [-0.3, -0.25) is 0 Å². The highest BCUT2D eigenvalue weighted by Gasteiger charge is 2.17. The molecule has 0 saturated carbocycles. The van der Waals surface area contributed by atoms with E-state index >= 15 is 0 Å². The van der Waals surface area contributed by atoms with Gasteiger partial charge in [0.1, 0.15) is 5.82 Å². The van der Waals surface area contributed by atoms with Gasteiger partial charge in [0.2, 0.25) is 0 Å². The molecule has 0 bridgehead atoms. The third kappa shape index (κ3) is 3.19. The van der Waals surface area contributed by atoms with Gasteiger partial charge in [0.05, 0.1) is 18.3 Å². The van der Waals surface area contributed by atoms with Crippen molar-refractivity contribution >= 4 is 22.8 Å². The van der Waals surface area contributed by atoms with Gasteiger partial charge < -0.3 is 10.1 Å². The maximum atomic E-state index is 5.85. The molecule has 0 saturated heterocycles. The fourth-order valence-electron chi connectivity index (χ4n) is 3.06. The van der Waals surface area contributed by atoms with Gasteiger partial charge in [-0.1, -0.05) is 66.7 Å². The number of nitrogens with one attached hydrogen (secondary N) is 1. The highest BCUT2D eigenvalue weighted by atomic mass is 32.1. The highest BCUT2D eigenvalue weighted by Crippen LogP contribution is 2.44. The minimum absolute atomic E-state index is 0.811. The van der Waals surface area contributed by atoms with E-state index in [0.717, 1.165) is 39.5 Å². The maximum Gasteiger partial charge on any atom is 0.150 e. The molecule has 0 radical (unpaired) electrons. The van der Waals surface area contributed by atoms with Crippen LogP contribution in [0.2, 0.25) is 0 Å². The Kier molecular flexibility index (Phi) is 4.67. The van der Waals surface area contributed by atoms with Crippen LogP contribution in [0.4, 0.5) is 11.5 Å². The SMILES string of the molecule is COc1c(Nc2cscn2)ccc(-c2ccccc2)c1-c1ccccc1. The summed E-state index contributed by atoms with van der Waals surface area (Å²) in [6, 6.07) is 24.9. The van der Waals surface area contributed by atoms with Crippen molar-refractivity contribution < 1.29 is 4.74 Å². The number of hydrogen-bond acceptors (Lipinski definition) is 4. The van der Waals surface area contributed by atoms with Crippen LogP contribution in [0.25, 0.3) is 22.3 Å². The van der Waals surface area contributed by atoms with E-state index in [2.05, 4.69) is 52.8 Å². The van der Waals surface area contributed by atoms with E-state index in [4.69, 9.17) is 4.74 Å². The van der Waals surface area contributed by atoms with Gasteiger partial charge in [0.25, 0.3) is 0 Å². The zero-order valence-corrected chi connectivity index (χ0v) is 15.2. The lowest BCUT2D eigenvalue weighted by molar-refractivity contribution is 0.418. The third-order valence-corrected chi connectivity index (χ3v) is 4.79. The van der Waals surface area contributed by atoms with E-state index in [9.17, 15) is 0 Å². The first kappa shape index (κ1) is 16.4. The van der Waals surface area contributed by atoms with Crippen molar-refractivity contribution in [2.45, 2.75) is 0 Å². The van der Waals surface area contributed by atoms with Crippen molar-refractivity contribution in [2.24, 2.45) is 0 Å². The van der Waals surface area contributed by atoms with Gasteiger partial charge in [0.15, 0.2) is 5.75 Å². The largest absolute Gasteiger partial charge is 0.494 e. The van der Waals surface area contributed by atoms with Gasteiger partial charge in [0, 0.05) is 10.9 Å². The molecule has 0 fully saturated rings. The molecule has 0 atom stereocenters. The molecule has 0 aliphatic carbocycles. The Morgan fingerprint density at radius 2 is 1.54 bits per heavy atom. The molecule has 0 aliphatic rings. The summed E-state index contributed by atoms with van der Waals surface area (Å²) in [5.41, 5.74) is 7.19. The number of thiazole rings is 1. The van der Waals surface area contributed by atoms with Crippen molar-refractivity contribution in [1.82, 2.24) is 4.98 Å². The van der Waals surface area contributed by atoms with Crippen LogP contribution in [0.1, 0.15) is 0 Å². The van der Waals surface area contributed by atoms with Crippen LogP contribution in [-0.2, 0) is 0 Å². The first-order chi connectivity index (χ1) is 12.9. The fraction of sp³-hybridized carbons (Fsp3) is 0.0455. The third-order valence-electron chi connectivity index (χ3n) is 4.20. The van der Waals surface area contributed by atoms with E-state index < -0.39 is 0 Å². The van der Waals surface area contributed by atoms with Gasteiger partial charge in [-0.05, 0) is 22.8 Å². The second-order valence-electron chi connectivity index (χ2n) is 5.80. The average molecular weight is 358 g/mol. The van der Waals surface area contributed by atoms with Gasteiger partial charge in [-0.25, -0.2) is 4.98 Å². The molecule has 4 aromatic rings. The van der Waals surface area contributed by atoms with Crippen LogP contribution in [0.15, 0.2) is 83.7 Å². The normalized spacial score (nSPS) is 10.5. The van der Waals surface area contributed by atoms with Crippen molar-refractivity contribution in [3.63, 3.8) is 0 Å². The number of anilines is 2. The Morgan fingerprint density at radius 3 is 2.15 bits per heavy atom. The Morgan fingerprint density at radius 1 is 0.846 bits per heavy atom. The second kappa shape index (κ2) is 7.42. The lowest BCUT2D eigenvalue weighted by Crippen LogP contribution is -1.98. The van der Waals surface area contributed by atoms with Crippen molar-refractivity contribution in [3.8, 4) is 28.0 Å². The number of rotatable bonds is 5. The van der Waals surface area contributed by atoms with E-state index in [-0.39, 0.29) is 0 Å². The summed E-state index contributed by atoms with van der Waals surface area (Å²) in [7, 11) is 1.71. The van der Waals surface area contributed by atoms with Crippen LogP contribution < -0.4 is 10.1 Å². The Labute approximate surface area is 156 Å². The Hall–Kier alpha value is -3.11. The molecular formula is C22H18N2OS. The number of nitrogens with zero attached hydrogens (tertiary/aromatic N) is 1. The van der Waals surface area contributed by atoms with Crippen molar-refractivity contribution in [3.05, 3.63) is 83.7 Å². The summed E-state index contributed by atoms with van der Waals surface area (Å²) in [6.45, 7) is 0. The van der Waals surface area contributed by atoms with Gasteiger partial charge in [-0.2, -0.15) is 0 Å². The lowest BCUT2D eigenvalue weighted by atomic mass is 9.93. The predicted octanol–water partition coefficient (Wildman–Crippen LogP) is 6.23. The number of benzene rings is 3. The second-order valence-corrected chi connectivity index (χ2v) is 6.52. The molecule has 0 spiro atoms. The molecule has 3 nitrogen and oxygen atoms in total. The minimum atomic E-state index is 0.811. The van der Waals surface area contributed by atoms with Crippen LogP contribution in [0.3, 0.4) is 0 Å². The monoisotopic (exact) mass is 358 g/mol. The Balaban J connectivity index is 1.93. The molecular weight excluding hydrogens is 340 g/mol. The topological polar surface area (TPSA) is 34.1 Å². The number of aromatic nitrogens is 1. The first-order valence-electron chi connectivity index (χ1n) is 8.34. The average Bonchev–Trinajstić information content (AvgIpc) is 3.22. The number of methoxy groups -OCH3 is 1. The van der Waals surface area contributed by atoms with Crippen LogP contribution in [0, 0.1) is 0 Å². The smallest absolute Gasteiger partial charge is 0.150 e. The van der Waals surface area contributed by atoms with Crippen molar-refractivity contribution in [1.29, 1.82) is 0 Å². The zero-order chi connectivity index (χ0) is 17.8. The number of ether oxygens (including phenoxy) is 1. The fourth-order valence-corrected chi connectivity index (χ4v) is 3.54. The molecule has 128 valence electrons. The molecule has 4 heteroatoms. The molecule has 4 rings (SSSR count). The van der Waals surface area contributed by atoms with E-state index in [1.54, 1.807) is 18.4 Å². The summed E-state index contributed by atoms with van der Waals surface area (Å²) < 4.78 is 5.85. The number of hydrogen-bond donors (Lipinski definition) is 1. The quantitative estimate of drug-likeness (QED) is 0.459. The molecule has 0 amide bonds.